The van der Waals surface area contributed by atoms with Gasteiger partial charge in [0.2, 0.25) is 5.91 Å². The van der Waals surface area contributed by atoms with Gasteiger partial charge in [0.15, 0.2) is 0 Å². The van der Waals surface area contributed by atoms with Crippen molar-refractivity contribution in [2.75, 3.05) is 25.0 Å². The third kappa shape index (κ3) is 4.61. The van der Waals surface area contributed by atoms with Crippen LogP contribution in [0.1, 0.15) is 55.0 Å². The van der Waals surface area contributed by atoms with Gasteiger partial charge in [0.25, 0.3) is 0 Å². The number of hydrogen-bond donors (Lipinski definition) is 3. The van der Waals surface area contributed by atoms with E-state index in [9.17, 15) is 4.79 Å². The van der Waals surface area contributed by atoms with E-state index in [0.717, 1.165) is 48.6 Å². The van der Waals surface area contributed by atoms with Crippen molar-refractivity contribution in [2.24, 2.45) is 5.73 Å². The number of nitrogens with zero attached hydrogens (tertiary/aromatic N) is 1. The second kappa shape index (κ2) is 8.88. The minimum Gasteiger partial charge on any atom is -0.401 e. The van der Waals surface area contributed by atoms with Crippen molar-refractivity contribution in [1.29, 1.82) is 0 Å². The van der Waals surface area contributed by atoms with Gasteiger partial charge < -0.3 is 21.3 Å². The van der Waals surface area contributed by atoms with E-state index in [2.05, 4.69) is 66.1 Å². The van der Waals surface area contributed by atoms with E-state index < -0.39 is 0 Å². The molecule has 2 aliphatic rings. The maximum Gasteiger partial charge on any atom is 0.219 e. The van der Waals surface area contributed by atoms with Gasteiger partial charge in [-0.05, 0) is 67.2 Å². The normalized spacial score (nSPS) is 20.2. The molecular formula is C26H32N4O. The van der Waals surface area contributed by atoms with Crippen LogP contribution in [-0.2, 0) is 4.79 Å². The molecule has 31 heavy (non-hydrogen) atoms. The van der Waals surface area contributed by atoms with Crippen LogP contribution in [0.25, 0.3) is 11.3 Å². The number of nitrogens with two attached hydrogens (primary N) is 1. The molecule has 2 heterocycles. The zero-order valence-corrected chi connectivity index (χ0v) is 18.7. The van der Waals surface area contributed by atoms with Gasteiger partial charge in [-0.15, -0.1) is 0 Å². The molecule has 5 heteroatoms. The van der Waals surface area contributed by atoms with Crippen molar-refractivity contribution in [1.82, 2.24) is 10.2 Å². The van der Waals surface area contributed by atoms with Gasteiger partial charge in [-0.2, -0.15) is 0 Å². The minimum atomic E-state index is 0.138. The number of carbonyl (C=O) groups excluding carboxylic acids is 1. The van der Waals surface area contributed by atoms with E-state index in [1.165, 1.54) is 22.3 Å². The van der Waals surface area contributed by atoms with Crippen LogP contribution in [0.4, 0.5) is 5.69 Å². The summed E-state index contributed by atoms with van der Waals surface area (Å²) in [4.78, 5) is 13.6. The summed E-state index contributed by atoms with van der Waals surface area (Å²) in [7, 11) is 0. The van der Waals surface area contributed by atoms with Crippen LogP contribution in [0.3, 0.4) is 0 Å². The van der Waals surface area contributed by atoms with Crippen LogP contribution in [0.5, 0.6) is 0 Å². The molecule has 4 N–H and O–H groups in total. The summed E-state index contributed by atoms with van der Waals surface area (Å²) < 4.78 is 0. The van der Waals surface area contributed by atoms with Crippen molar-refractivity contribution in [2.45, 2.75) is 39.7 Å². The summed E-state index contributed by atoms with van der Waals surface area (Å²) in [5.41, 5.74) is 15.4. The first-order valence-electron chi connectivity index (χ1n) is 11.0. The van der Waals surface area contributed by atoms with Gasteiger partial charge in [-0.25, -0.2) is 0 Å². The lowest BCUT2D eigenvalue weighted by molar-refractivity contribution is -0.128. The monoisotopic (exact) mass is 416 g/mol. The average Bonchev–Trinajstić information content (AvgIpc) is 2.93. The molecule has 2 aromatic rings. The smallest absolute Gasteiger partial charge is 0.219 e. The minimum absolute atomic E-state index is 0.138. The SMILES string of the molecule is CC(=O)N1CC=C(c2ccc3c(c2)C(Nc2cccc(C)c2)CCN/C3=C(/C)N)CC1. The van der Waals surface area contributed by atoms with E-state index in [0.29, 0.717) is 6.54 Å². The van der Waals surface area contributed by atoms with Gasteiger partial charge >= 0.3 is 0 Å². The highest BCUT2D eigenvalue weighted by Gasteiger charge is 2.24. The lowest BCUT2D eigenvalue weighted by Crippen LogP contribution is -2.32. The molecule has 0 bridgehead atoms. The maximum atomic E-state index is 11.7. The Balaban J connectivity index is 1.72. The molecule has 2 aliphatic heterocycles. The fourth-order valence-corrected chi connectivity index (χ4v) is 4.53. The summed E-state index contributed by atoms with van der Waals surface area (Å²) in [6.07, 6.45) is 4.03. The van der Waals surface area contributed by atoms with Crippen LogP contribution < -0.4 is 16.4 Å². The van der Waals surface area contributed by atoms with Crippen LogP contribution in [-0.4, -0.2) is 30.4 Å². The molecule has 2 aromatic carbocycles. The Morgan fingerprint density at radius 3 is 2.71 bits per heavy atom. The van der Waals surface area contributed by atoms with Gasteiger partial charge in [-0.1, -0.05) is 30.3 Å². The Hall–Kier alpha value is -3.21. The molecule has 4 rings (SSSR count). The lowest BCUT2D eigenvalue weighted by atomic mass is 9.90. The van der Waals surface area contributed by atoms with E-state index in [4.69, 9.17) is 5.73 Å². The molecule has 0 fully saturated rings. The lowest BCUT2D eigenvalue weighted by Gasteiger charge is -2.26. The number of amides is 1. The third-order valence-electron chi connectivity index (χ3n) is 6.21. The Kier molecular flexibility index (Phi) is 6.03. The van der Waals surface area contributed by atoms with Gasteiger partial charge in [-0.3, -0.25) is 4.79 Å². The topological polar surface area (TPSA) is 70.4 Å². The Morgan fingerprint density at radius 2 is 2.03 bits per heavy atom. The van der Waals surface area contributed by atoms with E-state index in [1.807, 2.05) is 11.8 Å². The van der Waals surface area contributed by atoms with E-state index in [1.54, 1.807) is 6.92 Å². The summed E-state index contributed by atoms with van der Waals surface area (Å²) in [5, 5.41) is 7.29. The first kappa shape index (κ1) is 21.0. The van der Waals surface area contributed by atoms with Crippen molar-refractivity contribution >= 4 is 22.9 Å². The summed E-state index contributed by atoms with van der Waals surface area (Å²) in [6.45, 7) is 8.02. The van der Waals surface area contributed by atoms with Crippen molar-refractivity contribution in [3.05, 3.63) is 76.5 Å². The predicted molar refractivity (Wildman–Crippen MR) is 128 cm³/mol. The molecule has 5 nitrogen and oxygen atoms in total. The molecule has 0 saturated heterocycles. The van der Waals surface area contributed by atoms with Crippen molar-refractivity contribution in [3.63, 3.8) is 0 Å². The fourth-order valence-electron chi connectivity index (χ4n) is 4.53. The highest BCUT2D eigenvalue weighted by Crippen LogP contribution is 2.35. The molecule has 162 valence electrons. The number of carbonyl (C=O) groups is 1. The van der Waals surface area contributed by atoms with Gasteiger partial charge in [0, 0.05) is 43.5 Å². The molecule has 1 amide bonds. The zero-order chi connectivity index (χ0) is 22.0. The largest absolute Gasteiger partial charge is 0.401 e. The van der Waals surface area contributed by atoms with Gasteiger partial charge in [0.05, 0.1) is 11.7 Å². The number of nitrogens with one attached hydrogen (secondary N) is 2. The molecule has 0 aromatic heterocycles. The number of fused-ring (bicyclic) bond motifs is 1. The number of anilines is 1. The average molecular weight is 417 g/mol. The molecular weight excluding hydrogens is 384 g/mol. The summed E-state index contributed by atoms with van der Waals surface area (Å²) in [6, 6.07) is 15.4. The number of hydrogen-bond acceptors (Lipinski definition) is 4. The summed E-state index contributed by atoms with van der Waals surface area (Å²) >= 11 is 0. The second-order valence-corrected chi connectivity index (χ2v) is 8.59. The maximum absolute atomic E-state index is 11.7. The Labute approximate surface area is 185 Å². The number of aryl methyl sites for hydroxylation is 1. The summed E-state index contributed by atoms with van der Waals surface area (Å²) in [5.74, 6) is 0.138. The van der Waals surface area contributed by atoms with Gasteiger partial charge in [0.1, 0.15) is 0 Å². The van der Waals surface area contributed by atoms with Crippen LogP contribution in [0.2, 0.25) is 0 Å². The standard InChI is InChI=1S/C26H32N4O/c1-17-5-4-6-22(15-17)29-25-9-12-28-26(18(2)27)23-8-7-21(16-24(23)25)20-10-13-30(14-11-20)19(3)31/h4-8,10,15-16,25,28-29H,9,11-14,27H2,1-3H3/b26-18-. The molecule has 0 saturated carbocycles. The van der Waals surface area contributed by atoms with Crippen LogP contribution in [0, 0.1) is 6.92 Å². The molecule has 0 spiro atoms. The highest BCUT2D eigenvalue weighted by molar-refractivity contribution is 5.78. The zero-order valence-electron chi connectivity index (χ0n) is 18.7. The number of allylic oxidation sites excluding steroid dienone is 1. The van der Waals surface area contributed by atoms with Crippen LogP contribution >= 0.6 is 0 Å². The molecule has 0 aliphatic carbocycles. The van der Waals surface area contributed by atoms with E-state index in [-0.39, 0.29) is 11.9 Å². The van der Waals surface area contributed by atoms with Crippen molar-refractivity contribution in [3.8, 4) is 0 Å². The van der Waals surface area contributed by atoms with E-state index >= 15 is 0 Å². The highest BCUT2D eigenvalue weighted by atomic mass is 16.2. The molecule has 1 unspecified atom stereocenters. The fraction of sp³-hybridized carbons (Fsp3) is 0.346. The number of benzene rings is 2. The Bertz CT molecular complexity index is 1050. The molecule has 0 radical (unpaired) electrons. The predicted octanol–water partition coefficient (Wildman–Crippen LogP) is 4.42. The third-order valence-corrected chi connectivity index (χ3v) is 6.21. The van der Waals surface area contributed by atoms with Crippen molar-refractivity contribution < 1.29 is 4.79 Å². The molecule has 1 atom stereocenters. The van der Waals surface area contributed by atoms with Crippen LogP contribution in [0.15, 0.2) is 54.2 Å². The quantitative estimate of drug-likeness (QED) is 0.693. The second-order valence-electron chi connectivity index (χ2n) is 8.59. The first-order valence-corrected chi connectivity index (χ1v) is 11.0. The first-order chi connectivity index (χ1) is 14.9. The Morgan fingerprint density at radius 1 is 1.19 bits per heavy atom. The number of rotatable bonds is 3.